The Bertz CT molecular complexity index is 1380. The number of amides is 1. The lowest BCUT2D eigenvalue weighted by Gasteiger charge is -2.19. The number of anilines is 2. The van der Waals surface area contributed by atoms with Crippen LogP contribution in [0.1, 0.15) is 42.4 Å². The summed E-state index contributed by atoms with van der Waals surface area (Å²) in [6.45, 7) is 2.16. The summed E-state index contributed by atoms with van der Waals surface area (Å²) in [4.78, 5) is 24.1. The summed E-state index contributed by atoms with van der Waals surface area (Å²) in [5, 5.41) is 15.2. The number of rotatable bonds is 9. The van der Waals surface area contributed by atoms with Gasteiger partial charge in [0.1, 0.15) is 0 Å². The standard InChI is InChI=1S/C28H29N3O3S/c1-17(23-16-35-25-11-5-3-9-20(23)25)28(34)31-24-10-4-2-8-19(24)21-14-13-18(7-6-12-26(32)33)22(15-29)27(21)30/h2-5,8-11,13-14,16-17H,6-7,12,15,29-30H2,1H3,(H,31,34)(H,32,33). The molecule has 0 radical (unpaired) electrons. The molecular weight excluding hydrogens is 458 g/mol. The number of hydrogen-bond donors (Lipinski definition) is 4. The van der Waals surface area contributed by atoms with E-state index >= 15 is 0 Å². The van der Waals surface area contributed by atoms with Crippen LogP contribution in [0.3, 0.4) is 0 Å². The second-order valence-electron chi connectivity index (χ2n) is 8.56. The highest BCUT2D eigenvalue weighted by molar-refractivity contribution is 7.17. The van der Waals surface area contributed by atoms with Crippen molar-refractivity contribution in [2.24, 2.45) is 5.73 Å². The molecule has 0 aliphatic carbocycles. The highest BCUT2D eigenvalue weighted by Crippen LogP contribution is 2.37. The van der Waals surface area contributed by atoms with Crippen LogP contribution in [0.15, 0.2) is 66.0 Å². The zero-order valence-corrected chi connectivity index (χ0v) is 20.4. The van der Waals surface area contributed by atoms with Crippen molar-refractivity contribution >= 4 is 44.7 Å². The van der Waals surface area contributed by atoms with Crippen molar-refractivity contribution in [3.8, 4) is 11.1 Å². The minimum Gasteiger partial charge on any atom is -0.481 e. The summed E-state index contributed by atoms with van der Waals surface area (Å²) in [5.41, 5.74) is 18.2. The van der Waals surface area contributed by atoms with Crippen LogP contribution in [0, 0.1) is 0 Å². The Hall–Kier alpha value is -3.68. The quantitative estimate of drug-likeness (QED) is 0.224. The van der Waals surface area contributed by atoms with Crippen molar-refractivity contribution in [1.29, 1.82) is 0 Å². The minimum atomic E-state index is -0.821. The van der Waals surface area contributed by atoms with E-state index < -0.39 is 5.97 Å². The fourth-order valence-corrected chi connectivity index (χ4v) is 5.45. The highest BCUT2D eigenvalue weighted by Gasteiger charge is 2.21. The molecule has 1 aromatic heterocycles. The van der Waals surface area contributed by atoms with Gasteiger partial charge in [0.15, 0.2) is 0 Å². The van der Waals surface area contributed by atoms with Gasteiger partial charge in [0.25, 0.3) is 0 Å². The van der Waals surface area contributed by atoms with Crippen LogP contribution in [0.4, 0.5) is 11.4 Å². The Kier molecular flexibility index (Phi) is 7.48. The Morgan fingerprint density at radius 1 is 1.03 bits per heavy atom. The molecule has 1 amide bonds. The molecule has 4 rings (SSSR count). The van der Waals surface area contributed by atoms with Gasteiger partial charge in [-0.15, -0.1) is 11.3 Å². The summed E-state index contributed by atoms with van der Waals surface area (Å²) in [6, 6.07) is 19.6. The maximum absolute atomic E-state index is 13.3. The monoisotopic (exact) mass is 487 g/mol. The van der Waals surface area contributed by atoms with Gasteiger partial charge in [0, 0.05) is 40.2 Å². The molecule has 4 aromatic rings. The number of aliphatic carboxylic acids is 1. The van der Waals surface area contributed by atoms with Crippen molar-refractivity contribution < 1.29 is 14.7 Å². The van der Waals surface area contributed by atoms with Crippen molar-refractivity contribution in [3.05, 3.63) is 82.7 Å². The van der Waals surface area contributed by atoms with Gasteiger partial charge in [-0.25, -0.2) is 0 Å². The van der Waals surface area contributed by atoms with Crippen LogP contribution in [0.2, 0.25) is 0 Å². The zero-order valence-electron chi connectivity index (χ0n) is 19.6. The third-order valence-electron chi connectivity index (χ3n) is 6.34. The molecule has 0 aliphatic rings. The molecular formula is C28H29N3O3S. The van der Waals surface area contributed by atoms with Crippen LogP contribution < -0.4 is 16.8 Å². The second-order valence-corrected chi connectivity index (χ2v) is 9.47. The molecule has 3 aromatic carbocycles. The fourth-order valence-electron chi connectivity index (χ4n) is 4.39. The first-order valence-electron chi connectivity index (χ1n) is 11.6. The number of carbonyl (C=O) groups is 2. The van der Waals surface area contributed by atoms with Gasteiger partial charge < -0.3 is 21.9 Å². The van der Waals surface area contributed by atoms with Crippen LogP contribution in [-0.2, 0) is 22.6 Å². The fraction of sp³-hybridized carbons (Fsp3) is 0.214. The highest BCUT2D eigenvalue weighted by atomic mass is 32.1. The molecule has 0 spiro atoms. The van der Waals surface area contributed by atoms with E-state index in [9.17, 15) is 9.59 Å². The van der Waals surface area contributed by atoms with Crippen LogP contribution in [0.5, 0.6) is 0 Å². The molecule has 1 atom stereocenters. The average molecular weight is 488 g/mol. The number of nitrogens with two attached hydrogens (primary N) is 2. The Morgan fingerprint density at radius 2 is 1.77 bits per heavy atom. The largest absolute Gasteiger partial charge is 0.481 e. The van der Waals surface area contributed by atoms with E-state index in [1.807, 2.05) is 61.5 Å². The van der Waals surface area contributed by atoms with E-state index in [-0.39, 0.29) is 24.8 Å². The molecule has 6 N–H and O–H groups in total. The maximum atomic E-state index is 13.3. The van der Waals surface area contributed by atoms with E-state index in [2.05, 4.69) is 16.8 Å². The van der Waals surface area contributed by atoms with Gasteiger partial charge in [0.05, 0.1) is 5.92 Å². The molecule has 0 saturated heterocycles. The van der Waals surface area contributed by atoms with Crippen LogP contribution >= 0.6 is 11.3 Å². The number of para-hydroxylation sites is 1. The van der Waals surface area contributed by atoms with Crippen LogP contribution in [-0.4, -0.2) is 17.0 Å². The van der Waals surface area contributed by atoms with Gasteiger partial charge in [-0.1, -0.05) is 48.5 Å². The lowest BCUT2D eigenvalue weighted by atomic mass is 9.93. The number of carboxylic acids is 1. The van der Waals surface area contributed by atoms with Crippen molar-refractivity contribution in [1.82, 2.24) is 0 Å². The number of carboxylic acid groups (broad SMARTS) is 1. The number of fused-ring (bicyclic) bond motifs is 1. The lowest BCUT2D eigenvalue weighted by Crippen LogP contribution is -2.19. The number of nitrogen functional groups attached to an aromatic ring is 1. The van der Waals surface area contributed by atoms with Crippen molar-refractivity contribution in [3.63, 3.8) is 0 Å². The molecule has 35 heavy (non-hydrogen) atoms. The van der Waals surface area contributed by atoms with Crippen molar-refractivity contribution in [2.45, 2.75) is 38.6 Å². The zero-order chi connectivity index (χ0) is 24.9. The Morgan fingerprint density at radius 3 is 2.54 bits per heavy atom. The van der Waals surface area contributed by atoms with Gasteiger partial charge in [-0.05, 0) is 59.4 Å². The predicted molar refractivity (Wildman–Crippen MR) is 144 cm³/mol. The number of aryl methyl sites for hydroxylation is 1. The van der Waals surface area contributed by atoms with E-state index in [0.29, 0.717) is 24.2 Å². The lowest BCUT2D eigenvalue weighted by molar-refractivity contribution is -0.137. The molecule has 0 saturated carbocycles. The summed E-state index contributed by atoms with van der Waals surface area (Å²) >= 11 is 1.64. The van der Waals surface area contributed by atoms with Gasteiger partial charge in [-0.3, -0.25) is 9.59 Å². The van der Waals surface area contributed by atoms with Gasteiger partial charge in [-0.2, -0.15) is 0 Å². The first kappa shape index (κ1) is 24.4. The Labute approximate surface area is 208 Å². The number of hydrogen-bond acceptors (Lipinski definition) is 5. The summed E-state index contributed by atoms with van der Waals surface area (Å²) in [6.07, 6.45) is 1.20. The normalized spacial score (nSPS) is 11.9. The Balaban J connectivity index is 1.61. The average Bonchev–Trinajstić information content (AvgIpc) is 3.28. The topological polar surface area (TPSA) is 118 Å². The van der Waals surface area contributed by atoms with Gasteiger partial charge >= 0.3 is 5.97 Å². The van der Waals surface area contributed by atoms with E-state index in [1.54, 1.807) is 11.3 Å². The van der Waals surface area contributed by atoms with Crippen LogP contribution in [0.25, 0.3) is 21.2 Å². The van der Waals surface area contributed by atoms with Crippen molar-refractivity contribution in [2.75, 3.05) is 11.1 Å². The smallest absolute Gasteiger partial charge is 0.303 e. The third-order valence-corrected chi connectivity index (χ3v) is 7.32. The molecule has 180 valence electrons. The molecule has 1 heterocycles. The number of benzene rings is 3. The predicted octanol–water partition coefficient (Wildman–Crippen LogP) is 5.76. The van der Waals surface area contributed by atoms with Gasteiger partial charge in [0.2, 0.25) is 5.91 Å². The molecule has 0 bridgehead atoms. The van der Waals surface area contributed by atoms with E-state index in [4.69, 9.17) is 16.6 Å². The molecule has 6 nitrogen and oxygen atoms in total. The minimum absolute atomic E-state index is 0.0936. The third kappa shape index (κ3) is 5.21. The number of carbonyl (C=O) groups excluding carboxylic acids is 1. The number of nitrogens with one attached hydrogen (secondary N) is 1. The SMILES string of the molecule is CC(C(=O)Nc1ccccc1-c1ccc(CCCC(=O)O)c(CN)c1N)c1csc2ccccc12. The number of thiophene rings is 1. The first-order valence-corrected chi connectivity index (χ1v) is 12.5. The summed E-state index contributed by atoms with van der Waals surface area (Å²) < 4.78 is 1.16. The van der Waals surface area contributed by atoms with E-state index in [1.165, 1.54) is 0 Å². The molecule has 1 unspecified atom stereocenters. The second kappa shape index (κ2) is 10.7. The van der Waals surface area contributed by atoms with E-state index in [0.717, 1.165) is 37.9 Å². The molecule has 0 aliphatic heterocycles. The molecule has 0 fully saturated rings. The first-order chi connectivity index (χ1) is 16.9. The maximum Gasteiger partial charge on any atom is 0.303 e. The summed E-state index contributed by atoms with van der Waals surface area (Å²) in [7, 11) is 0. The summed E-state index contributed by atoms with van der Waals surface area (Å²) in [5.74, 6) is -1.24. The molecule has 7 heteroatoms.